The molecule has 1 aliphatic rings. The molecule has 1 fully saturated rings. The van der Waals surface area contributed by atoms with Crippen LogP contribution in [0, 0.1) is 0 Å². The molecule has 0 aliphatic carbocycles. The third kappa shape index (κ3) is 4.07. The highest BCUT2D eigenvalue weighted by Gasteiger charge is 2.25. The van der Waals surface area contributed by atoms with E-state index in [1.807, 2.05) is 17.1 Å². The minimum absolute atomic E-state index is 0.0313. The summed E-state index contributed by atoms with van der Waals surface area (Å²) >= 11 is 0. The van der Waals surface area contributed by atoms with Crippen LogP contribution in [0.2, 0.25) is 0 Å². The Morgan fingerprint density at radius 3 is 2.65 bits per heavy atom. The Hall–Kier alpha value is -1.36. The van der Waals surface area contributed by atoms with Gasteiger partial charge in [0.2, 0.25) is 0 Å². The minimum Gasteiger partial charge on any atom is -0.481 e. The van der Waals surface area contributed by atoms with Gasteiger partial charge in [0.25, 0.3) is 0 Å². The first-order valence-electron chi connectivity index (χ1n) is 7.69. The molecule has 1 atom stereocenters. The number of hydrogen-bond acceptors (Lipinski definition) is 3. The zero-order chi connectivity index (χ0) is 14.4. The van der Waals surface area contributed by atoms with Crippen LogP contribution in [0.4, 0.5) is 0 Å². The van der Waals surface area contributed by atoms with Gasteiger partial charge in [-0.15, -0.1) is 0 Å². The molecule has 1 aliphatic heterocycles. The molecule has 112 valence electrons. The maximum absolute atomic E-state index is 11.2. The number of aryl methyl sites for hydroxylation is 1. The van der Waals surface area contributed by atoms with Crippen molar-refractivity contribution in [3.05, 3.63) is 18.0 Å². The molecule has 1 saturated heterocycles. The van der Waals surface area contributed by atoms with Gasteiger partial charge in [-0.3, -0.25) is 14.4 Å². The molecule has 0 saturated carbocycles. The summed E-state index contributed by atoms with van der Waals surface area (Å²) in [7, 11) is 0. The second-order valence-corrected chi connectivity index (χ2v) is 5.60. The predicted octanol–water partition coefficient (Wildman–Crippen LogP) is 2.68. The molecule has 2 heterocycles. The lowest BCUT2D eigenvalue weighted by Gasteiger charge is -2.28. The van der Waals surface area contributed by atoms with Crippen molar-refractivity contribution in [2.45, 2.75) is 58.0 Å². The molecule has 2 rings (SSSR count). The lowest BCUT2D eigenvalue weighted by atomic mass is 10.1. The van der Waals surface area contributed by atoms with E-state index >= 15 is 0 Å². The number of aliphatic carboxylic acids is 1. The molecule has 20 heavy (non-hydrogen) atoms. The zero-order valence-electron chi connectivity index (χ0n) is 12.3. The van der Waals surface area contributed by atoms with E-state index in [2.05, 4.69) is 16.9 Å². The van der Waals surface area contributed by atoms with Gasteiger partial charge in [0, 0.05) is 24.3 Å². The molecule has 0 aromatic carbocycles. The second kappa shape index (κ2) is 7.43. The van der Waals surface area contributed by atoms with E-state index in [0.29, 0.717) is 0 Å². The van der Waals surface area contributed by atoms with Crippen molar-refractivity contribution in [2.24, 2.45) is 0 Å². The van der Waals surface area contributed by atoms with Crippen molar-refractivity contribution < 1.29 is 9.90 Å². The predicted molar refractivity (Wildman–Crippen MR) is 77.6 cm³/mol. The second-order valence-electron chi connectivity index (χ2n) is 5.60. The minimum atomic E-state index is -0.734. The van der Waals surface area contributed by atoms with Crippen LogP contribution in [0.1, 0.15) is 57.1 Å². The summed E-state index contributed by atoms with van der Waals surface area (Å²) in [6, 6.07) is -0.0313. The van der Waals surface area contributed by atoms with Crippen LogP contribution in [0.15, 0.2) is 12.4 Å². The van der Waals surface area contributed by atoms with E-state index in [9.17, 15) is 9.90 Å². The first kappa shape index (κ1) is 15.0. The normalized spacial score (nSPS) is 18.6. The summed E-state index contributed by atoms with van der Waals surface area (Å²) in [6.07, 6.45) is 9.90. The number of aromatic nitrogens is 2. The van der Waals surface area contributed by atoms with E-state index in [-0.39, 0.29) is 12.5 Å². The number of nitrogens with zero attached hydrogens (tertiary/aromatic N) is 3. The van der Waals surface area contributed by atoms with Crippen LogP contribution in [0.25, 0.3) is 0 Å². The van der Waals surface area contributed by atoms with Gasteiger partial charge in [-0.25, -0.2) is 0 Å². The molecular formula is C15H25N3O2. The van der Waals surface area contributed by atoms with Gasteiger partial charge in [0.15, 0.2) is 0 Å². The van der Waals surface area contributed by atoms with Gasteiger partial charge in [0.1, 0.15) is 0 Å². The summed E-state index contributed by atoms with van der Waals surface area (Å²) in [4.78, 5) is 13.5. The van der Waals surface area contributed by atoms with E-state index in [1.165, 1.54) is 25.7 Å². The summed E-state index contributed by atoms with van der Waals surface area (Å²) in [6.45, 7) is 5.00. The number of hydrogen-bond donors (Lipinski definition) is 1. The number of carbonyl (C=O) groups is 1. The average molecular weight is 279 g/mol. The Labute approximate surface area is 120 Å². The molecular weight excluding hydrogens is 254 g/mol. The van der Waals surface area contributed by atoms with Crippen molar-refractivity contribution in [3.63, 3.8) is 0 Å². The molecule has 5 heteroatoms. The molecule has 0 radical (unpaired) electrons. The number of rotatable bonds is 6. The van der Waals surface area contributed by atoms with Crippen LogP contribution >= 0.6 is 0 Å². The highest BCUT2D eigenvalue weighted by atomic mass is 16.4. The van der Waals surface area contributed by atoms with Crippen LogP contribution in [-0.2, 0) is 11.3 Å². The summed E-state index contributed by atoms with van der Waals surface area (Å²) in [5.41, 5.74) is 1.04. The van der Waals surface area contributed by atoms with Gasteiger partial charge in [-0.05, 0) is 32.4 Å². The average Bonchev–Trinajstić information content (AvgIpc) is 2.71. The first-order valence-corrected chi connectivity index (χ1v) is 7.69. The molecule has 1 aromatic rings. The maximum atomic E-state index is 11.2. The van der Waals surface area contributed by atoms with Gasteiger partial charge in [-0.1, -0.05) is 19.8 Å². The molecule has 0 spiro atoms. The fourth-order valence-electron chi connectivity index (χ4n) is 2.93. The van der Waals surface area contributed by atoms with E-state index in [1.54, 1.807) is 0 Å². The van der Waals surface area contributed by atoms with Gasteiger partial charge >= 0.3 is 5.97 Å². The quantitative estimate of drug-likeness (QED) is 0.869. The molecule has 0 amide bonds. The highest BCUT2D eigenvalue weighted by molar-refractivity contribution is 5.67. The molecule has 1 aromatic heterocycles. The fourth-order valence-corrected chi connectivity index (χ4v) is 2.93. The van der Waals surface area contributed by atoms with Crippen LogP contribution in [0.3, 0.4) is 0 Å². The van der Waals surface area contributed by atoms with E-state index in [0.717, 1.165) is 31.6 Å². The zero-order valence-corrected chi connectivity index (χ0v) is 12.3. The van der Waals surface area contributed by atoms with Crippen LogP contribution in [-0.4, -0.2) is 38.8 Å². The van der Waals surface area contributed by atoms with Gasteiger partial charge in [-0.2, -0.15) is 5.10 Å². The first-order chi connectivity index (χ1) is 9.70. The SMILES string of the molecule is CCCn1cc(C(CC(=O)O)N2CCCCCC2)cn1. The maximum Gasteiger partial charge on any atom is 0.305 e. The summed E-state index contributed by atoms with van der Waals surface area (Å²) in [5.74, 6) is -0.734. The van der Waals surface area contributed by atoms with Crippen LogP contribution < -0.4 is 0 Å². The van der Waals surface area contributed by atoms with Crippen molar-refractivity contribution in [2.75, 3.05) is 13.1 Å². The van der Waals surface area contributed by atoms with Crippen molar-refractivity contribution >= 4 is 5.97 Å². The molecule has 5 nitrogen and oxygen atoms in total. The number of carboxylic acid groups (broad SMARTS) is 1. The van der Waals surface area contributed by atoms with Crippen LogP contribution in [0.5, 0.6) is 0 Å². The Morgan fingerprint density at radius 2 is 2.05 bits per heavy atom. The Balaban J connectivity index is 2.13. The summed E-state index contributed by atoms with van der Waals surface area (Å²) < 4.78 is 1.92. The lowest BCUT2D eigenvalue weighted by Crippen LogP contribution is -2.31. The number of likely N-dealkylation sites (tertiary alicyclic amines) is 1. The Kier molecular flexibility index (Phi) is 5.59. The van der Waals surface area contributed by atoms with E-state index < -0.39 is 5.97 Å². The number of carboxylic acids is 1. The van der Waals surface area contributed by atoms with Crippen molar-refractivity contribution in [3.8, 4) is 0 Å². The van der Waals surface area contributed by atoms with Gasteiger partial charge < -0.3 is 5.11 Å². The van der Waals surface area contributed by atoms with Crippen molar-refractivity contribution in [1.29, 1.82) is 0 Å². The third-order valence-electron chi connectivity index (χ3n) is 3.94. The molecule has 1 unspecified atom stereocenters. The molecule has 0 bridgehead atoms. The lowest BCUT2D eigenvalue weighted by molar-refractivity contribution is -0.138. The smallest absolute Gasteiger partial charge is 0.305 e. The monoisotopic (exact) mass is 279 g/mol. The fraction of sp³-hybridized carbons (Fsp3) is 0.733. The standard InChI is InChI=1S/C15H25N3O2/c1-2-7-18-12-13(11-16-18)14(10-15(19)20)17-8-5-3-4-6-9-17/h11-12,14H,2-10H2,1H3,(H,19,20). The summed E-state index contributed by atoms with van der Waals surface area (Å²) in [5, 5.41) is 13.6. The van der Waals surface area contributed by atoms with E-state index in [4.69, 9.17) is 0 Å². The topological polar surface area (TPSA) is 58.4 Å². The van der Waals surface area contributed by atoms with Gasteiger partial charge in [0.05, 0.1) is 12.6 Å². The third-order valence-corrected chi connectivity index (χ3v) is 3.94. The largest absolute Gasteiger partial charge is 0.481 e. The van der Waals surface area contributed by atoms with Crippen molar-refractivity contribution in [1.82, 2.24) is 14.7 Å². The Morgan fingerprint density at radius 1 is 1.35 bits per heavy atom. The Bertz CT molecular complexity index is 423. The molecule has 1 N–H and O–H groups in total. The highest BCUT2D eigenvalue weighted by Crippen LogP contribution is 2.27.